The number of nitrogens with one attached hydrogen (secondary N) is 1. The number of aliphatic hydroxyl groups is 1. The van der Waals surface area contributed by atoms with E-state index in [1.165, 1.54) is 18.2 Å². The molecule has 6 heteroatoms. The van der Waals surface area contributed by atoms with Crippen LogP contribution >= 0.6 is 0 Å². The lowest BCUT2D eigenvalue weighted by atomic mass is 9.85. The molecule has 180 valence electrons. The second-order valence-electron chi connectivity index (χ2n) is 8.82. The molecule has 0 saturated heterocycles. The standard InChI is InChI=1S/C28H32F2N2O2/c1-19(20-9-11-21(12-10-20)22-13-15-23(29)16-14-22)28(2,3)34-27(31-4)32-26(17-18-33)24-7-5-6-8-25(24)30/h5-16,19,26,33H,17-18H2,1-4H3,(H,31,32)/t19?,26-/m0/s1. The molecule has 0 aliphatic carbocycles. The fourth-order valence-electron chi connectivity index (χ4n) is 3.83. The van der Waals surface area contributed by atoms with Gasteiger partial charge < -0.3 is 15.2 Å². The monoisotopic (exact) mass is 466 g/mol. The number of rotatable bonds is 8. The molecule has 0 radical (unpaired) electrons. The number of aliphatic imine (C=N–C) groups is 1. The lowest BCUT2D eigenvalue weighted by Gasteiger charge is -2.34. The van der Waals surface area contributed by atoms with Crippen molar-refractivity contribution in [3.8, 4) is 11.1 Å². The zero-order valence-corrected chi connectivity index (χ0v) is 20.1. The van der Waals surface area contributed by atoms with Crippen molar-refractivity contribution in [1.82, 2.24) is 5.32 Å². The first-order valence-corrected chi connectivity index (χ1v) is 11.4. The molecule has 0 bridgehead atoms. The molecule has 4 nitrogen and oxygen atoms in total. The van der Waals surface area contributed by atoms with Crippen LogP contribution in [-0.2, 0) is 4.74 Å². The van der Waals surface area contributed by atoms with Crippen molar-refractivity contribution in [2.45, 2.75) is 44.8 Å². The second-order valence-corrected chi connectivity index (χ2v) is 8.82. The lowest BCUT2D eigenvalue weighted by molar-refractivity contribution is 0.0622. The van der Waals surface area contributed by atoms with Crippen LogP contribution in [0.5, 0.6) is 0 Å². The minimum Gasteiger partial charge on any atom is -0.459 e. The van der Waals surface area contributed by atoms with Crippen LogP contribution in [0.2, 0.25) is 0 Å². The smallest absolute Gasteiger partial charge is 0.285 e. The minimum absolute atomic E-state index is 0.00179. The normalized spacial score (nSPS) is 13.9. The molecule has 0 saturated carbocycles. The van der Waals surface area contributed by atoms with Crippen molar-refractivity contribution in [2.75, 3.05) is 13.7 Å². The molecule has 3 aromatic carbocycles. The van der Waals surface area contributed by atoms with Crippen LogP contribution in [-0.4, -0.2) is 30.4 Å². The molecule has 0 aliphatic heterocycles. The van der Waals surface area contributed by atoms with Crippen LogP contribution in [0, 0.1) is 11.6 Å². The first-order chi connectivity index (χ1) is 16.2. The van der Waals surface area contributed by atoms with Crippen molar-refractivity contribution in [3.05, 3.63) is 95.6 Å². The Morgan fingerprint density at radius 1 is 0.971 bits per heavy atom. The fraction of sp³-hybridized carbons (Fsp3) is 0.321. The van der Waals surface area contributed by atoms with E-state index in [-0.39, 0.29) is 30.2 Å². The summed E-state index contributed by atoms with van der Waals surface area (Å²) in [6.45, 7) is 5.91. The third kappa shape index (κ3) is 6.20. The van der Waals surface area contributed by atoms with E-state index < -0.39 is 11.6 Å². The van der Waals surface area contributed by atoms with E-state index in [9.17, 15) is 13.9 Å². The van der Waals surface area contributed by atoms with Gasteiger partial charge in [-0.25, -0.2) is 13.8 Å². The van der Waals surface area contributed by atoms with Gasteiger partial charge in [0.2, 0.25) is 0 Å². The topological polar surface area (TPSA) is 53.9 Å². The molecule has 3 rings (SSSR count). The Bertz CT molecular complexity index is 1100. The summed E-state index contributed by atoms with van der Waals surface area (Å²) in [4.78, 5) is 4.24. The van der Waals surface area contributed by atoms with Gasteiger partial charge in [0.25, 0.3) is 6.02 Å². The zero-order valence-electron chi connectivity index (χ0n) is 20.1. The van der Waals surface area contributed by atoms with Crippen molar-refractivity contribution < 1.29 is 18.6 Å². The first kappa shape index (κ1) is 25.4. The van der Waals surface area contributed by atoms with E-state index in [2.05, 4.69) is 17.2 Å². The number of halogens is 2. The Hall–Kier alpha value is -3.25. The maximum Gasteiger partial charge on any atom is 0.285 e. The number of amidine groups is 1. The highest BCUT2D eigenvalue weighted by molar-refractivity contribution is 5.74. The molecular weight excluding hydrogens is 434 g/mol. The molecule has 34 heavy (non-hydrogen) atoms. The molecule has 0 heterocycles. The highest BCUT2D eigenvalue weighted by Crippen LogP contribution is 2.33. The van der Waals surface area contributed by atoms with E-state index in [1.807, 2.05) is 38.1 Å². The number of nitrogens with zero attached hydrogens (tertiary/aromatic N) is 1. The molecule has 0 amide bonds. The van der Waals surface area contributed by atoms with Gasteiger partial charge in [-0.15, -0.1) is 0 Å². The molecule has 0 spiro atoms. The second kappa shape index (κ2) is 11.3. The average molecular weight is 467 g/mol. The van der Waals surface area contributed by atoms with Gasteiger partial charge in [0.05, 0.1) is 6.04 Å². The Balaban J connectivity index is 1.73. The summed E-state index contributed by atoms with van der Waals surface area (Å²) in [5, 5.41) is 12.7. The van der Waals surface area contributed by atoms with Gasteiger partial charge in [-0.3, -0.25) is 0 Å². The number of benzene rings is 3. The number of hydrogen-bond acceptors (Lipinski definition) is 3. The molecule has 3 aromatic rings. The summed E-state index contributed by atoms with van der Waals surface area (Å²) in [6, 6.07) is 20.8. The SMILES string of the molecule is CN=C(N[C@@H](CCO)c1ccccc1F)OC(C)(C)C(C)c1ccc(-c2ccc(F)cc2)cc1. The van der Waals surface area contributed by atoms with Crippen molar-refractivity contribution in [2.24, 2.45) is 4.99 Å². The Morgan fingerprint density at radius 2 is 1.56 bits per heavy atom. The third-order valence-electron chi connectivity index (χ3n) is 6.19. The summed E-state index contributed by atoms with van der Waals surface area (Å²) in [7, 11) is 1.61. The van der Waals surface area contributed by atoms with Crippen molar-refractivity contribution >= 4 is 6.02 Å². The van der Waals surface area contributed by atoms with Gasteiger partial charge in [-0.1, -0.05) is 61.5 Å². The summed E-state index contributed by atoms with van der Waals surface area (Å²) in [5.74, 6) is -0.609. The molecular formula is C28H32F2N2O2. The maximum absolute atomic E-state index is 14.4. The molecule has 0 aliphatic rings. The van der Waals surface area contributed by atoms with E-state index in [1.54, 1.807) is 37.4 Å². The number of ether oxygens (including phenoxy) is 1. The molecule has 2 atom stereocenters. The molecule has 0 aromatic heterocycles. The van der Waals surface area contributed by atoms with Crippen LogP contribution in [0.25, 0.3) is 11.1 Å². The summed E-state index contributed by atoms with van der Waals surface area (Å²) < 4.78 is 33.8. The van der Waals surface area contributed by atoms with Gasteiger partial charge in [-0.05, 0) is 55.2 Å². The van der Waals surface area contributed by atoms with E-state index in [0.717, 1.165) is 16.7 Å². The predicted molar refractivity (Wildman–Crippen MR) is 133 cm³/mol. The van der Waals surface area contributed by atoms with Crippen LogP contribution < -0.4 is 5.32 Å². The molecule has 1 unspecified atom stereocenters. The quantitative estimate of drug-likeness (QED) is 0.306. The van der Waals surface area contributed by atoms with Gasteiger partial charge >= 0.3 is 0 Å². The zero-order chi connectivity index (χ0) is 24.7. The lowest BCUT2D eigenvalue weighted by Crippen LogP contribution is -2.41. The van der Waals surface area contributed by atoms with Crippen LogP contribution in [0.4, 0.5) is 8.78 Å². The Kier molecular flexibility index (Phi) is 8.40. The van der Waals surface area contributed by atoms with E-state index in [4.69, 9.17) is 4.74 Å². The Labute approximate surface area is 200 Å². The van der Waals surface area contributed by atoms with Crippen LogP contribution in [0.3, 0.4) is 0 Å². The van der Waals surface area contributed by atoms with Crippen molar-refractivity contribution in [1.29, 1.82) is 0 Å². The molecule has 0 fully saturated rings. The summed E-state index contributed by atoms with van der Waals surface area (Å²) >= 11 is 0. The fourth-order valence-corrected chi connectivity index (χ4v) is 3.83. The highest BCUT2D eigenvalue weighted by Gasteiger charge is 2.31. The first-order valence-electron chi connectivity index (χ1n) is 11.4. The van der Waals surface area contributed by atoms with Crippen LogP contribution in [0.15, 0.2) is 77.8 Å². The predicted octanol–water partition coefficient (Wildman–Crippen LogP) is 6.23. The van der Waals surface area contributed by atoms with Crippen molar-refractivity contribution in [3.63, 3.8) is 0 Å². The maximum atomic E-state index is 14.4. The van der Waals surface area contributed by atoms with E-state index >= 15 is 0 Å². The van der Waals surface area contributed by atoms with Gasteiger partial charge in [-0.2, -0.15) is 0 Å². The van der Waals surface area contributed by atoms with E-state index in [0.29, 0.717) is 12.0 Å². The van der Waals surface area contributed by atoms with Gasteiger partial charge in [0.15, 0.2) is 0 Å². The summed E-state index contributed by atoms with van der Waals surface area (Å²) in [5.41, 5.74) is 2.83. The van der Waals surface area contributed by atoms with Crippen LogP contribution in [0.1, 0.15) is 50.3 Å². The van der Waals surface area contributed by atoms with Gasteiger partial charge in [0, 0.05) is 25.1 Å². The summed E-state index contributed by atoms with van der Waals surface area (Å²) in [6.07, 6.45) is 0.310. The Morgan fingerprint density at radius 3 is 2.12 bits per heavy atom. The largest absolute Gasteiger partial charge is 0.459 e. The highest BCUT2D eigenvalue weighted by atomic mass is 19.1. The minimum atomic E-state index is -0.641. The number of hydrogen-bond donors (Lipinski definition) is 2. The molecule has 2 N–H and O–H groups in total. The third-order valence-corrected chi connectivity index (χ3v) is 6.19. The number of aliphatic hydroxyl groups excluding tert-OH is 1. The van der Waals surface area contributed by atoms with Gasteiger partial charge in [0.1, 0.15) is 17.2 Å². The average Bonchev–Trinajstić information content (AvgIpc) is 2.83.